The van der Waals surface area contributed by atoms with E-state index in [-0.39, 0.29) is 0 Å². The second kappa shape index (κ2) is 6.31. The van der Waals surface area contributed by atoms with Gasteiger partial charge in [0.2, 0.25) is 0 Å². The number of thioether (sulfide) groups is 1. The Morgan fingerprint density at radius 3 is 2.33 bits per heavy atom. The summed E-state index contributed by atoms with van der Waals surface area (Å²) in [5.74, 6) is 1.30. The van der Waals surface area contributed by atoms with Gasteiger partial charge in [0.25, 0.3) is 0 Å². The van der Waals surface area contributed by atoms with Crippen LogP contribution in [0, 0.1) is 5.41 Å². The van der Waals surface area contributed by atoms with Crippen molar-refractivity contribution in [3.05, 3.63) is 0 Å². The van der Waals surface area contributed by atoms with Crippen LogP contribution in [0.3, 0.4) is 0 Å². The van der Waals surface area contributed by atoms with E-state index in [9.17, 15) is 0 Å². The van der Waals surface area contributed by atoms with E-state index in [2.05, 4.69) is 55.4 Å². The molecule has 0 aliphatic rings. The summed E-state index contributed by atoms with van der Waals surface area (Å²) in [5, 5.41) is 1.91. The molecule has 12 heavy (non-hydrogen) atoms. The first kappa shape index (κ1) is 12.8. The molecule has 0 aromatic heterocycles. The first-order chi connectivity index (χ1) is 5.54. The Morgan fingerprint density at radius 2 is 2.00 bits per heavy atom. The minimum atomic E-state index is 0.516. The third-order valence-electron chi connectivity index (χ3n) is 2.33. The Labute approximate surface area is 90.0 Å². The van der Waals surface area contributed by atoms with Gasteiger partial charge in [-0.05, 0) is 29.3 Å². The van der Waals surface area contributed by atoms with Gasteiger partial charge in [-0.2, -0.15) is 11.8 Å². The monoisotopic (exact) mass is 252 g/mol. The highest BCUT2D eigenvalue weighted by Crippen LogP contribution is 2.30. The summed E-state index contributed by atoms with van der Waals surface area (Å²) >= 11 is 5.66. The summed E-state index contributed by atoms with van der Waals surface area (Å²) < 4.78 is 0. The normalized spacial score (nSPS) is 16.5. The maximum Gasteiger partial charge on any atom is 0.00855 e. The lowest BCUT2D eigenvalue weighted by atomic mass is 9.87. The van der Waals surface area contributed by atoms with Crippen LogP contribution in [-0.2, 0) is 0 Å². The summed E-state index contributed by atoms with van der Waals surface area (Å²) in [6.45, 7) is 9.17. The zero-order valence-corrected chi connectivity index (χ0v) is 11.1. The Bertz CT molecular complexity index is 108. The lowest BCUT2D eigenvalue weighted by Crippen LogP contribution is -2.18. The van der Waals surface area contributed by atoms with E-state index in [1.165, 1.54) is 18.6 Å². The SMILES string of the molecule is CCC(C)(CBr)CCSC(C)C. The van der Waals surface area contributed by atoms with Crippen LogP contribution in [0.1, 0.15) is 40.5 Å². The van der Waals surface area contributed by atoms with E-state index >= 15 is 0 Å². The molecule has 0 aliphatic carbocycles. The van der Waals surface area contributed by atoms with Gasteiger partial charge in [0, 0.05) is 5.33 Å². The summed E-state index contributed by atoms with van der Waals surface area (Å²) in [6, 6.07) is 0. The smallest absolute Gasteiger partial charge is 0.00855 e. The number of hydrogen-bond acceptors (Lipinski definition) is 1. The third-order valence-corrected chi connectivity index (χ3v) is 4.79. The molecule has 0 N–H and O–H groups in total. The van der Waals surface area contributed by atoms with Crippen LogP contribution in [0.2, 0.25) is 0 Å². The van der Waals surface area contributed by atoms with Crippen LogP contribution in [0.25, 0.3) is 0 Å². The first-order valence-corrected chi connectivity index (χ1v) is 6.88. The van der Waals surface area contributed by atoms with Crippen LogP contribution in [0.4, 0.5) is 0 Å². The van der Waals surface area contributed by atoms with E-state index in [0.29, 0.717) is 5.41 Å². The van der Waals surface area contributed by atoms with Gasteiger partial charge in [-0.3, -0.25) is 0 Å². The Morgan fingerprint density at radius 1 is 1.42 bits per heavy atom. The van der Waals surface area contributed by atoms with Crippen molar-refractivity contribution in [2.75, 3.05) is 11.1 Å². The molecule has 74 valence electrons. The van der Waals surface area contributed by atoms with E-state index in [1.807, 2.05) is 0 Å². The van der Waals surface area contributed by atoms with Crippen molar-refractivity contribution in [3.63, 3.8) is 0 Å². The number of hydrogen-bond donors (Lipinski definition) is 0. The number of halogens is 1. The van der Waals surface area contributed by atoms with Gasteiger partial charge < -0.3 is 0 Å². The molecule has 0 nitrogen and oxygen atoms in total. The zero-order valence-electron chi connectivity index (χ0n) is 8.69. The lowest BCUT2D eigenvalue weighted by molar-refractivity contribution is 0.353. The Balaban J connectivity index is 3.58. The number of rotatable bonds is 6. The van der Waals surface area contributed by atoms with Crippen molar-refractivity contribution in [1.82, 2.24) is 0 Å². The molecule has 0 rings (SSSR count). The topological polar surface area (TPSA) is 0 Å². The predicted octanol–water partition coefficient (Wildman–Crippen LogP) is 4.33. The minimum absolute atomic E-state index is 0.516. The molecule has 0 amide bonds. The van der Waals surface area contributed by atoms with Gasteiger partial charge in [0.05, 0.1) is 0 Å². The van der Waals surface area contributed by atoms with Gasteiger partial charge >= 0.3 is 0 Å². The summed E-state index contributed by atoms with van der Waals surface area (Å²) in [7, 11) is 0. The zero-order chi connectivity index (χ0) is 9.61. The second-order valence-corrected chi connectivity index (χ2v) is 6.21. The first-order valence-electron chi connectivity index (χ1n) is 4.71. The second-order valence-electron chi connectivity index (χ2n) is 3.97. The highest BCUT2D eigenvalue weighted by Gasteiger charge is 2.19. The van der Waals surface area contributed by atoms with Crippen molar-refractivity contribution in [2.24, 2.45) is 5.41 Å². The van der Waals surface area contributed by atoms with Gasteiger partial charge in [-0.25, -0.2) is 0 Å². The predicted molar refractivity (Wildman–Crippen MR) is 64.4 cm³/mol. The quantitative estimate of drug-likeness (QED) is 0.635. The fraction of sp³-hybridized carbons (Fsp3) is 1.00. The molecule has 0 saturated carbocycles. The van der Waals surface area contributed by atoms with Crippen LogP contribution >= 0.6 is 27.7 Å². The van der Waals surface area contributed by atoms with Gasteiger partial charge in [0.15, 0.2) is 0 Å². The molecule has 0 bridgehead atoms. The van der Waals surface area contributed by atoms with Gasteiger partial charge in [-0.1, -0.05) is 43.6 Å². The fourth-order valence-electron chi connectivity index (χ4n) is 0.879. The average molecular weight is 253 g/mol. The molecule has 1 unspecified atom stereocenters. The Hall–Kier alpha value is 0.830. The molecule has 2 heteroatoms. The summed E-state index contributed by atoms with van der Waals surface area (Å²) in [5.41, 5.74) is 0.516. The van der Waals surface area contributed by atoms with Crippen LogP contribution in [0.5, 0.6) is 0 Å². The molecule has 0 aromatic rings. The fourth-order valence-corrected chi connectivity index (χ4v) is 2.64. The highest BCUT2D eigenvalue weighted by atomic mass is 79.9. The van der Waals surface area contributed by atoms with E-state index < -0.39 is 0 Å². The molecular formula is C10H21BrS. The van der Waals surface area contributed by atoms with E-state index in [4.69, 9.17) is 0 Å². The Kier molecular flexibility index (Phi) is 6.75. The molecule has 0 aromatic carbocycles. The molecule has 1 atom stereocenters. The summed E-state index contributed by atoms with van der Waals surface area (Å²) in [4.78, 5) is 0. The maximum atomic E-state index is 3.59. The molecule has 0 heterocycles. The molecule has 0 radical (unpaired) electrons. The third kappa shape index (κ3) is 5.47. The van der Waals surface area contributed by atoms with Crippen LogP contribution < -0.4 is 0 Å². The maximum absolute atomic E-state index is 3.59. The largest absolute Gasteiger partial charge is 0.159 e. The van der Waals surface area contributed by atoms with Gasteiger partial charge in [0.1, 0.15) is 0 Å². The molecule has 0 fully saturated rings. The minimum Gasteiger partial charge on any atom is -0.159 e. The standard InChI is InChI=1S/C10H21BrS/c1-5-10(4,8-11)6-7-12-9(2)3/h9H,5-8H2,1-4H3. The van der Waals surface area contributed by atoms with E-state index in [1.54, 1.807) is 0 Å². The van der Waals surface area contributed by atoms with Crippen molar-refractivity contribution >= 4 is 27.7 Å². The van der Waals surface area contributed by atoms with Crippen LogP contribution in [0.15, 0.2) is 0 Å². The molecular weight excluding hydrogens is 232 g/mol. The average Bonchev–Trinajstić information content (AvgIpc) is 2.03. The highest BCUT2D eigenvalue weighted by molar-refractivity contribution is 9.09. The molecule has 0 spiro atoms. The van der Waals surface area contributed by atoms with E-state index in [0.717, 1.165) is 10.6 Å². The molecule has 0 aliphatic heterocycles. The lowest BCUT2D eigenvalue weighted by Gasteiger charge is -2.25. The summed E-state index contributed by atoms with van der Waals surface area (Å²) in [6.07, 6.45) is 2.61. The molecule has 0 saturated heterocycles. The van der Waals surface area contributed by atoms with Crippen LogP contribution in [-0.4, -0.2) is 16.3 Å². The van der Waals surface area contributed by atoms with Gasteiger partial charge in [-0.15, -0.1) is 0 Å². The number of alkyl halides is 1. The van der Waals surface area contributed by atoms with Crippen molar-refractivity contribution < 1.29 is 0 Å². The van der Waals surface area contributed by atoms with Crippen molar-refractivity contribution in [1.29, 1.82) is 0 Å². The van der Waals surface area contributed by atoms with Crippen molar-refractivity contribution in [3.8, 4) is 0 Å². The van der Waals surface area contributed by atoms with Crippen molar-refractivity contribution in [2.45, 2.75) is 45.8 Å².